The number of aromatic nitrogens is 3. The minimum absolute atomic E-state index is 0.0148. The van der Waals surface area contributed by atoms with Crippen LogP contribution in [0.3, 0.4) is 0 Å². The van der Waals surface area contributed by atoms with Gasteiger partial charge in [0.2, 0.25) is 0 Å². The van der Waals surface area contributed by atoms with E-state index < -0.39 is 5.97 Å². The smallest absolute Gasteiger partial charge is 0.307 e. The van der Waals surface area contributed by atoms with Crippen LogP contribution in [0.5, 0.6) is 0 Å². The Morgan fingerprint density at radius 3 is 2.79 bits per heavy atom. The highest BCUT2D eigenvalue weighted by molar-refractivity contribution is 7.99. The molecule has 0 unspecified atom stereocenters. The molecule has 0 aliphatic rings. The zero-order valence-corrected chi connectivity index (χ0v) is 17.7. The van der Waals surface area contributed by atoms with Crippen LogP contribution in [0.1, 0.15) is 18.2 Å². The van der Waals surface area contributed by atoms with Gasteiger partial charge in [-0.3, -0.25) is 9.48 Å². The molecule has 4 aromatic rings. The quantitative estimate of drug-likeness (QED) is 0.437. The second-order valence-electron chi connectivity index (χ2n) is 6.79. The first kappa shape index (κ1) is 19.6. The molecule has 5 nitrogen and oxygen atoms in total. The molecule has 4 rings (SSSR count). The van der Waals surface area contributed by atoms with Crippen LogP contribution in [-0.2, 0) is 17.8 Å². The van der Waals surface area contributed by atoms with Crippen molar-refractivity contribution in [3.63, 3.8) is 0 Å². The number of nitrogens with zero attached hydrogens (tertiary/aromatic N) is 3. The average Bonchev–Trinajstić information content (AvgIpc) is 3.24. The van der Waals surface area contributed by atoms with Crippen LogP contribution in [0.25, 0.3) is 16.6 Å². The Kier molecular flexibility index (Phi) is 5.39. The SMILES string of the molecule is CCn1cc(-n2c(C)c(Sc3cccc(CC(=O)O)c3)c3ccc(Cl)cc32)cn1. The van der Waals surface area contributed by atoms with Crippen LogP contribution < -0.4 is 0 Å². The van der Waals surface area contributed by atoms with E-state index in [1.807, 2.05) is 59.5 Å². The third-order valence-corrected chi connectivity index (χ3v) is 6.23. The Hall–Kier alpha value is -2.70. The molecule has 29 heavy (non-hydrogen) atoms. The number of rotatable bonds is 6. The van der Waals surface area contributed by atoms with Crippen molar-refractivity contribution in [1.82, 2.24) is 14.3 Å². The topological polar surface area (TPSA) is 60.0 Å². The average molecular weight is 426 g/mol. The summed E-state index contributed by atoms with van der Waals surface area (Å²) in [5.74, 6) is -0.831. The number of aryl methyl sites for hydroxylation is 1. The Bertz CT molecular complexity index is 1210. The predicted molar refractivity (Wildman–Crippen MR) is 116 cm³/mol. The molecule has 0 amide bonds. The number of fused-ring (bicyclic) bond motifs is 1. The lowest BCUT2D eigenvalue weighted by Crippen LogP contribution is -1.99. The van der Waals surface area contributed by atoms with Gasteiger partial charge in [0, 0.05) is 38.6 Å². The Labute approximate surface area is 177 Å². The van der Waals surface area contributed by atoms with Crippen LogP contribution in [-0.4, -0.2) is 25.4 Å². The summed E-state index contributed by atoms with van der Waals surface area (Å²) in [5, 5.41) is 15.3. The van der Waals surface area contributed by atoms with E-state index in [4.69, 9.17) is 16.7 Å². The zero-order valence-electron chi connectivity index (χ0n) is 16.1. The molecule has 0 saturated carbocycles. The molecular formula is C22H20ClN3O2S. The third-order valence-electron chi connectivity index (χ3n) is 4.78. The normalized spacial score (nSPS) is 11.3. The van der Waals surface area contributed by atoms with Gasteiger partial charge in [-0.2, -0.15) is 5.10 Å². The van der Waals surface area contributed by atoms with E-state index in [1.165, 1.54) is 0 Å². The van der Waals surface area contributed by atoms with Crippen LogP contribution in [0.2, 0.25) is 5.02 Å². The Morgan fingerprint density at radius 2 is 2.07 bits per heavy atom. The monoisotopic (exact) mass is 425 g/mol. The van der Waals surface area contributed by atoms with Gasteiger partial charge in [0.15, 0.2) is 0 Å². The standard InChI is InChI=1S/C22H20ClN3O2S/c1-3-25-13-17(12-24-25)26-14(2)22(19-8-7-16(23)11-20(19)26)29-18-6-4-5-15(9-18)10-21(27)28/h4-9,11-13H,3,10H2,1-2H3,(H,27,28). The number of aliphatic carboxylic acids is 1. The molecule has 2 heterocycles. The van der Waals surface area contributed by atoms with Crippen LogP contribution in [0, 0.1) is 6.92 Å². The lowest BCUT2D eigenvalue weighted by Gasteiger charge is -2.07. The van der Waals surface area contributed by atoms with E-state index in [0.29, 0.717) is 5.02 Å². The van der Waals surface area contributed by atoms with Crippen LogP contribution >= 0.6 is 23.4 Å². The first-order chi connectivity index (χ1) is 14.0. The minimum atomic E-state index is -0.831. The molecule has 0 spiro atoms. The molecule has 2 aromatic heterocycles. The minimum Gasteiger partial charge on any atom is -0.481 e. The molecular weight excluding hydrogens is 406 g/mol. The Morgan fingerprint density at radius 1 is 1.24 bits per heavy atom. The number of hydrogen-bond acceptors (Lipinski definition) is 3. The fraction of sp³-hybridized carbons (Fsp3) is 0.182. The van der Waals surface area contributed by atoms with Gasteiger partial charge in [-0.1, -0.05) is 41.6 Å². The van der Waals surface area contributed by atoms with Crippen molar-refractivity contribution in [2.24, 2.45) is 0 Å². The van der Waals surface area contributed by atoms with Gasteiger partial charge in [0.1, 0.15) is 0 Å². The van der Waals surface area contributed by atoms with Crippen molar-refractivity contribution >= 4 is 40.2 Å². The van der Waals surface area contributed by atoms with Crippen molar-refractivity contribution in [3.8, 4) is 5.69 Å². The van der Waals surface area contributed by atoms with Gasteiger partial charge in [-0.15, -0.1) is 0 Å². The fourth-order valence-corrected chi connectivity index (χ4v) is 4.75. The van der Waals surface area contributed by atoms with Gasteiger partial charge < -0.3 is 9.67 Å². The van der Waals surface area contributed by atoms with Crippen molar-refractivity contribution in [2.75, 3.05) is 0 Å². The van der Waals surface area contributed by atoms with Crippen LogP contribution in [0.15, 0.2) is 64.6 Å². The third kappa shape index (κ3) is 3.91. The molecule has 0 radical (unpaired) electrons. The molecule has 0 saturated heterocycles. The maximum absolute atomic E-state index is 11.1. The summed E-state index contributed by atoms with van der Waals surface area (Å²) in [6.45, 7) is 4.94. The molecule has 1 N–H and O–H groups in total. The summed E-state index contributed by atoms with van der Waals surface area (Å²) in [4.78, 5) is 13.2. The predicted octanol–water partition coefficient (Wildman–Crippen LogP) is 5.59. The zero-order chi connectivity index (χ0) is 20.5. The molecule has 0 fully saturated rings. The van der Waals surface area contributed by atoms with Gasteiger partial charge in [0.05, 0.1) is 23.8 Å². The van der Waals surface area contributed by atoms with E-state index in [2.05, 4.69) is 23.5 Å². The number of carboxylic acid groups (broad SMARTS) is 1. The maximum Gasteiger partial charge on any atom is 0.307 e. The van der Waals surface area contributed by atoms with E-state index in [1.54, 1.807) is 11.8 Å². The molecule has 0 atom stereocenters. The highest BCUT2D eigenvalue weighted by atomic mass is 35.5. The van der Waals surface area contributed by atoms with E-state index in [0.717, 1.165) is 44.2 Å². The number of carboxylic acids is 1. The molecule has 148 valence electrons. The van der Waals surface area contributed by atoms with Crippen molar-refractivity contribution in [1.29, 1.82) is 0 Å². The summed E-state index contributed by atoms with van der Waals surface area (Å²) in [5.41, 5.74) is 3.89. The van der Waals surface area contributed by atoms with E-state index in [-0.39, 0.29) is 6.42 Å². The van der Waals surface area contributed by atoms with E-state index >= 15 is 0 Å². The fourth-order valence-electron chi connectivity index (χ4n) is 3.47. The molecule has 0 bridgehead atoms. The second kappa shape index (κ2) is 7.97. The summed E-state index contributed by atoms with van der Waals surface area (Å²) >= 11 is 7.94. The van der Waals surface area contributed by atoms with Crippen molar-refractivity contribution in [3.05, 3.63) is 71.1 Å². The largest absolute Gasteiger partial charge is 0.481 e. The van der Waals surface area contributed by atoms with Gasteiger partial charge >= 0.3 is 5.97 Å². The lowest BCUT2D eigenvalue weighted by atomic mass is 10.2. The van der Waals surface area contributed by atoms with Crippen molar-refractivity contribution < 1.29 is 9.90 Å². The number of benzene rings is 2. The van der Waals surface area contributed by atoms with Gasteiger partial charge in [-0.05, 0) is 43.7 Å². The molecule has 7 heteroatoms. The van der Waals surface area contributed by atoms with Crippen molar-refractivity contribution in [2.45, 2.75) is 36.6 Å². The summed E-state index contributed by atoms with van der Waals surface area (Å²) in [7, 11) is 0. The first-order valence-corrected chi connectivity index (χ1v) is 10.5. The lowest BCUT2D eigenvalue weighted by molar-refractivity contribution is -0.136. The van der Waals surface area contributed by atoms with Gasteiger partial charge in [-0.25, -0.2) is 0 Å². The number of halogens is 1. The number of hydrogen-bond donors (Lipinski definition) is 1. The molecule has 0 aliphatic heterocycles. The summed E-state index contributed by atoms with van der Waals surface area (Å²) < 4.78 is 4.07. The number of carbonyl (C=O) groups is 1. The maximum atomic E-state index is 11.1. The first-order valence-electron chi connectivity index (χ1n) is 9.28. The summed E-state index contributed by atoms with van der Waals surface area (Å²) in [6.07, 6.45) is 3.90. The highest BCUT2D eigenvalue weighted by Crippen LogP contribution is 2.40. The second-order valence-corrected chi connectivity index (χ2v) is 8.31. The highest BCUT2D eigenvalue weighted by Gasteiger charge is 2.18. The van der Waals surface area contributed by atoms with Gasteiger partial charge in [0.25, 0.3) is 0 Å². The van der Waals surface area contributed by atoms with E-state index in [9.17, 15) is 4.79 Å². The van der Waals surface area contributed by atoms with Crippen LogP contribution in [0.4, 0.5) is 0 Å². The molecule has 2 aromatic carbocycles. The Balaban J connectivity index is 1.83. The molecule has 0 aliphatic carbocycles. The summed E-state index contributed by atoms with van der Waals surface area (Å²) in [6, 6.07) is 13.6.